The van der Waals surface area contributed by atoms with Crippen molar-refractivity contribution in [3.8, 4) is 0 Å². The molecule has 4 nitrogen and oxygen atoms in total. The molecular formula is C14H23NO3. The minimum absolute atomic E-state index is 0.204. The van der Waals surface area contributed by atoms with E-state index in [9.17, 15) is 9.59 Å². The number of carbonyl (C=O) groups is 2. The van der Waals surface area contributed by atoms with Crippen molar-refractivity contribution in [1.82, 2.24) is 4.90 Å². The van der Waals surface area contributed by atoms with E-state index in [0.717, 1.165) is 38.4 Å². The molecule has 0 heterocycles. The van der Waals surface area contributed by atoms with Crippen molar-refractivity contribution in [1.29, 1.82) is 0 Å². The van der Waals surface area contributed by atoms with Gasteiger partial charge in [-0.25, -0.2) is 4.79 Å². The largest absolute Gasteiger partial charge is 0.444 e. The maximum Gasteiger partial charge on any atom is 0.411 e. The fourth-order valence-electron chi connectivity index (χ4n) is 2.34. The number of ether oxygens (including phenoxy) is 1. The summed E-state index contributed by atoms with van der Waals surface area (Å²) in [6, 6.07) is -0.0687. The molecule has 1 unspecified atom stereocenters. The van der Waals surface area contributed by atoms with Crippen LogP contribution in [0, 0.1) is 5.92 Å². The van der Waals surface area contributed by atoms with E-state index in [-0.39, 0.29) is 18.2 Å². The van der Waals surface area contributed by atoms with Crippen molar-refractivity contribution >= 4 is 12.4 Å². The molecule has 0 saturated heterocycles. The van der Waals surface area contributed by atoms with E-state index in [1.54, 1.807) is 4.90 Å². The lowest BCUT2D eigenvalue weighted by Crippen LogP contribution is -2.53. The van der Waals surface area contributed by atoms with Gasteiger partial charge in [0.05, 0.1) is 6.04 Å². The minimum atomic E-state index is -0.504. The molecule has 0 aromatic rings. The van der Waals surface area contributed by atoms with E-state index < -0.39 is 5.60 Å². The van der Waals surface area contributed by atoms with Gasteiger partial charge in [0.1, 0.15) is 11.9 Å². The average Bonchev–Trinajstić information content (AvgIpc) is 2.95. The highest BCUT2D eigenvalue weighted by atomic mass is 16.6. The van der Waals surface area contributed by atoms with E-state index in [4.69, 9.17) is 4.74 Å². The molecule has 0 spiro atoms. The van der Waals surface area contributed by atoms with Gasteiger partial charge in [-0.1, -0.05) is 0 Å². The molecule has 2 rings (SSSR count). The van der Waals surface area contributed by atoms with Gasteiger partial charge in [-0.3, -0.25) is 4.90 Å². The fourth-order valence-corrected chi connectivity index (χ4v) is 2.34. The predicted molar refractivity (Wildman–Crippen MR) is 68.3 cm³/mol. The molecule has 4 heteroatoms. The Morgan fingerprint density at radius 1 is 1.28 bits per heavy atom. The molecule has 0 aliphatic heterocycles. The summed E-state index contributed by atoms with van der Waals surface area (Å²) in [6.45, 7) is 5.57. The van der Waals surface area contributed by atoms with Gasteiger partial charge in [-0.05, 0) is 58.8 Å². The highest BCUT2D eigenvalue weighted by Gasteiger charge is 2.43. The topological polar surface area (TPSA) is 46.6 Å². The lowest BCUT2D eigenvalue weighted by atomic mass is 9.90. The van der Waals surface area contributed by atoms with Crippen LogP contribution in [-0.4, -0.2) is 35.0 Å². The number of carbonyl (C=O) groups excluding carboxylic acids is 2. The van der Waals surface area contributed by atoms with Crippen LogP contribution in [0.1, 0.15) is 52.9 Å². The van der Waals surface area contributed by atoms with Gasteiger partial charge in [0.15, 0.2) is 0 Å². The molecular weight excluding hydrogens is 230 g/mol. The highest BCUT2D eigenvalue weighted by molar-refractivity contribution is 5.74. The summed E-state index contributed by atoms with van der Waals surface area (Å²) in [6.07, 6.45) is 5.84. The number of nitrogens with zero attached hydrogens (tertiary/aromatic N) is 1. The molecule has 2 fully saturated rings. The molecule has 2 saturated carbocycles. The van der Waals surface area contributed by atoms with Gasteiger partial charge in [-0.2, -0.15) is 0 Å². The van der Waals surface area contributed by atoms with Crippen LogP contribution >= 0.6 is 0 Å². The predicted octanol–water partition coefficient (Wildman–Crippen LogP) is 2.75. The van der Waals surface area contributed by atoms with Crippen LogP contribution in [0.5, 0.6) is 0 Å². The molecule has 18 heavy (non-hydrogen) atoms. The Morgan fingerprint density at radius 2 is 1.89 bits per heavy atom. The van der Waals surface area contributed by atoms with Crippen LogP contribution in [0.4, 0.5) is 4.79 Å². The Balaban J connectivity index is 2.08. The summed E-state index contributed by atoms with van der Waals surface area (Å²) in [5.41, 5.74) is -0.504. The number of aldehydes is 1. The van der Waals surface area contributed by atoms with Crippen molar-refractivity contribution in [3.05, 3.63) is 0 Å². The van der Waals surface area contributed by atoms with Gasteiger partial charge in [0, 0.05) is 6.04 Å². The van der Waals surface area contributed by atoms with Crippen LogP contribution in [0.3, 0.4) is 0 Å². The molecule has 102 valence electrons. The van der Waals surface area contributed by atoms with E-state index in [1.807, 2.05) is 20.8 Å². The SMILES string of the molecule is CC(C)(C)OC(=O)N(C1CCC1)C(C=O)C1CC1. The second-order valence-corrected chi connectivity index (χ2v) is 6.44. The Hall–Kier alpha value is -1.06. The number of hydrogen-bond donors (Lipinski definition) is 0. The zero-order valence-corrected chi connectivity index (χ0v) is 11.5. The number of hydrogen-bond acceptors (Lipinski definition) is 3. The van der Waals surface area contributed by atoms with Crippen molar-refractivity contribution in [2.45, 2.75) is 70.6 Å². The summed E-state index contributed by atoms with van der Waals surface area (Å²) in [7, 11) is 0. The second-order valence-electron chi connectivity index (χ2n) is 6.44. The summed E-state index contributed by atoms with van der Waals surface area (Å²) < 4.78 is 5.45. The third kappa shape index (κ3) is 3.03. The Kier molecular flexibility index (Phi) is 3.64. The van der Waals surface area contributed by atoms with E-state index >= 15 is 0 Å². The molecule has 0 radical (unpaired) electrons. The molecule has 2 aliphatic rings. The molecule has 2 aliphatic carbocycles. The first kappa shape index (κ1) is 13.4. The van der Waals surface area contributed by atoms with Crippen molar-refractivity contribution in [2.24, 2.45) is 5.92 Å². The van der Waals surface area contributed by atoms with Crippen molar-refractivity contribution in [3.63, 3.8) is 0 Å². The first-order valence-electron chi connectivity index (χ1n) is 6.89. The monoisotopic (exact) mass is 253 g/mol. The smallest absolute Gasteiger partial charge is 0.411 e. The summed E-state index contributed by atoms with van der Waals surface area (Å²) in [5.74, 6) is 0.357. The lowest BCUT2D eigenvalue weighted by molar-refractivity contribution is -0.115. The molecule has 0 aromatic heterocycles. The molecule has 1 atom stereocenters. The van der Waals surface area contributed by atoms with Gasteiger partial charge < -0.3 is 9.53 Å². The Labute approximate surface area is 109 Å². The van der Waals surface area contributed by atoms with Crippen LogP contribution in [0.15, 0.2) is 0 Å². The van der Waals surface area contributed by atoms with Crippen LogP contribution in [0.25, 0.3) is 0 Å². The van der Waals surface area contributed by atoms with E-state index in [1.165, 1.54) is 0 Å². The summed E-state index contributed by atoms with van der Waals surface area (Å²) in [4.78, 5) is 25.3. The third-order valence-electron chi connectivity index (χ3n) is 3.64. The minimum Gasteiger partial charge on any atom is -0.444 e. The second kappa shape index (κ2) is 4.90. The van der Waals surface area contributed by atoms with Crippen molar-refractivity contribution in [2.75, 3.05) is 0 Å². The standard InChI is InChI=1S/C14H23NO3/c1-14(2,3)18-13(17)15(11-5-4-6-11)12(9-16)10-7-8-10/h9-12H,4-8H2,1-3H3. The summed E-state index contributed by atoms with van der Waals surface area (Å²) in [5, 5.41) is 0. The third-order valence-corrected chi connectivity index (χ3v) is 3.64. The zero-order valence-electron chi connectivity index (χ0n) is 11.5. The Morgan fingerprint density at radius 3 is 2.22 bits per heavy atom. The molecule has 0 bridgehead atoms. The zero-order chi connectivity index (χ0) is 13.3. The molecule has 0 aromatic carbocycles. The molecule has 1 amide bonds. The maximum atomic E-state index is 12.3. The van der Waals surface area contributed by atoms with Crippen LogP contribution in [-0.2, 0) is 9.53 Å². The quantitative estimate of drug-likeness (QED) is 0.724. The van der Waals surface area contributed by atoms with Gasteiger partial charge in [0.2, 0.25) is 0 Å². The summed E-state index contributed by atoms with van der Waals surface area (Å²) >= 11 is 0. The van der Waals surface area contributed by atoms with Crippen LogP contribution < -0.4 is 0 Å². The van der Waals surface area contributed by atoms with Gasteiger partial charge in [-0.15, -0.1) is 0 Å². The molecule has 0 N–H and O–H groups in total. The van der Waals surface area contributed by atoms with Gasteiger partial charge in [0.25, 0.3) is 0 Å². The maximum absolute atomic E-state index is 12.3. The normalized spacial score (nSPS) is 21.9. The van der Waals surface area contributed by atoms with Gasteiger partial charge >= 0.3 is 6.09 Å². The number of rotatable bonds is 4. The number of amides is 1. The fraction of sp³-hybridized carbons (Fsp3) is 0.857. The van der Waals surface area contributed by atoms with Crippen molar-refractivity contribution < 1.29 is 14.3 Å². The highest BCUT2D eigenvalue weighted by Crippen LogP contribution is 2.38. The average molecular weight is 253 g/mol. The lowest BCUT2D eigenvalue weighted by Gasteiger charge is -2.41. The van der Waals surface area contributed by atoms with Crippen LogP contribution in [0.2, 0.25) is 0 Å². The first-order valence-corrected chi connectivity index (χ1v) is 6.89. The van der Waals surface area contributed by atoms with E-state index in [2.05, 4.69) is 0 Å². The van der Waals surface area contributed by atoms with E-state index in [0.29, 0.717) is 5.92 Å². The first-order chi connectivity index (χ1) is 8.42. The Bertz CT molecular complexity index is 326.